The molecule has 1 aromatic heterocycles. The molecule has 2 aliphatic rings. The van der Waals surface area contributed by atoms with Gasteiger partial charge in [-0.05, 0) is 67.1 Å². The van der Waals surface area contributed by atoms with Crippen LogP contribution in [0.25, 0.3) is 0 Å². The highest BCUT2D eigenvalue weighted by Crippen LogP contribution is 2.47. The summed E-state index contributed by atoms with van der Waals surface area (Å²) in [7, 11) is 0. The van der Waals surface area contributed by atoms with Crippen LogP contribution in [0.3, 0.4) is 0 Å². The zero-order chi connectivity index (χ0) is 12.4. The molecule has 1 aromatic rings. The first-order valence-corrected chi connectivity index (χ1v) is 8.56. The third-order valence-corrected chi connectivity index (χ3v) is 5.88. The molecular weight excluding hydrogens is 238 g/mol. The van der Waals surface area contributed by atoms with Crippen molar-refractivity contribution in [2.75, 3.05) is 13.1 Å². The maximum Gasteiger partial charge on any atom is 0.0494 e. The second kappa shape index (κ2) is 5.34. The Kier molecular flexibility index (Phi) is 3.76. The summed E-state index contributed by atoms with van der Waals surface area (Å²) in [6.07, 6.45) is 9.87. The molecule has 1 saturated heterocycles. The molecule has 1 saturated carbocycles. The number of hydrogen-bond donors (Lipinski definition) is 0. The van der Waals surface area contributed by atoms with Gasteiger partial charge in [-0.15, -0.1) is 0 Å². The molecule has 0 bridgehead atoms. The van der Waals surface area contributed by atoms with Crippen LogP contribution in [0, 0.1) is 5.92 Å². The zero-order valence-corrected chi connectivity index (χ0v) is 12.3. The smallest absolute Gasteiger partial charge is 0.0494 e. The van der Waals surface area contributed by atoms with Crippen molar-refractivity contribution >= 4 is 11.3 Å². The molecule has 100 valence electrons. The van der Waals surface area contributed by atoms with Gasteiger partial charge in [-0.1, -0.05) is 26.2 Å². The Morgan fingerprint density at radius 3 is 2.67 bits per heavy atom. The van der Waals surface area contributed by atoms with Gasteiger partial charge in [-0.2, -0.15) is 11.3 Å². The number of nitrogens with zero attached hydrogens (tertiary/aromatic N) is 1. The summed E-state index contributed by atoms with van der Waals surface area (Å²) in [5, 5.41) is 4.68. The van der Waals surface area contributed by atoms with Gasteiger partial charge in [0.05, 0.1) is 0 Å². The Balaban J connectivity index is 1.96. The predicted molar refractivity (Wildman–Crippen MR) is 79.1 cm³/mol. The quantitative estimate of drug-likeness (QED) is 0.751. The Bertz CT molecular complexity index is 366. The number of piperidine rings is 1. The largest absolute Gasteiger partial charge is 0.293 e. The second-order valence-corrected chi connectivity index (χ2v) is 6.91. The molecular formula is C16H25NS. The minimum Gasteiger partial charge on any atom is -0.293 e. The van der Waals surface area contributed by atoms with E-state index in [1.54, 1.807) is 5.56 Å². The van der Waals surface area contributed by atoms with E-state index in [9.17, 15) is 0 Å². The molecule has 0 aromatic carbocycles. The lowest BCUT2D eigenvalue weighted by Crippen LogP contribution is -2.53. The van der Waals surface area contributed by atoms with E-state index < -0.39 is 0 Å². The van der Waals surface area contributed by atoms with Gasteiger partial charge in [0.2, 0.25) is 0 Å². The Morgan fingerprint density at radius 2 is 2.00 bits per heavy atom. The summed E-state index contributed by atoms with van der Waals surface area (Å²) in [5.74, 6) is 0.818. The number of rotatable bonds is 2. The molecule has 2 atom stereocenters. The Hall–Kier alpha value is -0.340. The predicted octanol–water partition coefficient (Wildman–Crippen LogP) is 4.64. The van der Waals surface area contributed by atoms with E-state index in [1.807, 2.05) is 11.3 Å². The highest BCUT2D eigenvalue weighted by molar-refractivity contribution is 7.08. The fraction of sp³-hybridized carbons (Fsp3) is 0.750. The zero-order valence-electron chi connectivity index (χ0n) is 11.5. The van der Waals surface area contributed by atoms with Gasteiger partial charge in [0.25, 0.3) is 0 Å². The Labute approximate surface area is 115 Å². The molecule has 18 heavy (non-hydrogen) atoms. The van der Waals surface area contributed by atoms with Crippen LogP contribution in [0.5, 0.6) is 0 Å². The van der Waals surface area contributed by atoms with Gasteiger partial charge in [-0.3, -0.25) is 4.90 Å². The van der Waals surface area contributed by atoms with Crippen molar-refractivity contribution in [2.24, 2.45) is 5.92 Å². The summed E-state index contributed by atoms with van der Waals surface area (Å²) >= 11 is 1.87. The summed E-state index contributed by atoms with van der Waals surface area (Å²) in [6.45, 7) is 5.13. The standard InChI is InChI=1S/C16H25NS/c1-14-7-3-4-9-16(14,15-8-12-18-13-15)17-10-5-2-6-11-17/h8,12-14H,2-7,9-11H2,1H3. The summed E-state index contributed by atoms with van der Waals surface area (Å²) < 4.78 is 0. The first-order valence-electron chi connectivity index (χ1n) is 7.62. The van der Waals surface area contributed by atoms with Gasteiger partial charge >= 0.3 is 0 Å². The average molecular weight is 263 g/mol. The number of hydrogen-bond acceptors (Lipinski definition) is 2. The molecule has 2 fully saturated rings. The maximum absolute atomic E-state index is 2.84. The highest BCUT2D eigenvalue weighted by Gasteiger charge is 2.44. The molecule has 0 N–H and O–H groups in total. The van der Waals surface area contributed by atoms with Crippen LogP contribution in [-0.2, 0) is 5.54 Å². The summed E-state index contributed by atoms with van der Waals surface area (Å²) in [6, 6.07) is 2.39. The SMILES string of the molecule is CC1CCCCC1(c1ccsc1)N1CCCCC1. The third kappa shape index (κ3) is 2.04. The second-order valence-electron chi connectivity index (χ2n) is 6.13. The van der Waals surface area contributed by atoms with Gasteiger partial charge < -0.3 is 0 Å². The van der Waals surface area contributed by atoms with Crippen molar-refractivity contribution in [3.63, 3.8) is 0 Å². The van der Waals surface area contributed by atoms with E-state index in [4.69, 9.17) is 0 Å². The molecule has 0 radical (unpaired) electrons. The molecule has 1 aliphatic carbocycles. The first kappa shape index (κ1) is 12.7. The molecule has 2 unspecified atom stereocenters. The first-order chi connectivity index (χ1) is 8.84. The number of likely N-dealkylation sites (tertiary alicyclic amines) is 1. The third-order valence-electron chi connectivity index (χ3n) is 5.20. The molecule has 1 aliphatic heterocycles. The lowest BCUT2D eigenvalue weighted by atomic mass is 9.68. The molecule has 1 nitrogen and oxygen atoms in total. The van der Waals surface area contributed by atoms with Crippen molar-refractivity contribution in [1.82, 2.24) is 4.90 Å². The maximum atomic E-state index is 2.84. The van der Waals surface area contributed by atoms with E-state index >= 15 is 0 Å². The van der Waals surface area contributed by atoms with E-state index in [0.29, 0.717) is 5.54 Å². The van der Waals surface area contributed by atoms with Crippen LogP contribution in [0.1, 0.15) is 57.4 Å². The van der Waals surface area contributed by atoms with E-state index in [1.165, 1.54) is 58.0 Å². The fourth-order valence-electron chi connectivity index (χ4n) is 4.22. The van der Waals surface area contributed by atoms with E-state index in [-0.39, 0.29) is 0 Å². The summed E-state index contributed by atoms with van der Waals surface area (Å²) in [4.78, 5) is 2.84. The van der Waals surface area contributed by atoms with Crippen LogP contribution >= 0.6 is 11.3 Å². The molecule has 0 amide bonds. The molecule has 2 heteroatoms. The van der Waals surface area contributed by atoms with Gasteiger partial charge in [0.15, 0.2) is 0 Å². The van der Waals surface area contributed by atoms with Crippen molar-refractivity contribution < 1.29 is 0 Å². The van der Waals surface area contributed by atoms with Gasteiger partial charge in [0, 0.05) is 5.54 Å². The van der Waals surface area contributed by atoms with E-state index in [2.05, 4.69) is 28.7 Å². The van der Waals surface area contributed by atoms with Crippen LogP contribution in [0.15, 0.2) is 16.8 Å². The Morgan fingerprint density at radius 1 is 1.17 bits per heavy atom. The van der Waals surface area contributed by atoms with Crippen LogP contribution < -0.4 is 0 Å². The molecule has 3 rings (SSSR count). The van der Waals surface area contributed by atoms with Gasteiger partial charge in [-0.25, -0.2) is 0 Å². The van der Waals surface area contributed by atoms with Crippen molar-refractivity contribution in [2.45, 2.75) is 57.4 Å². The van der Waals surface area contributed by atoms with Crippen LogP contribution in [-0.4, -0.2) is 18.0 Å². The van der Waals surface area contributed by atoms with Crippen molar-refractivity contribution in [1.29, 1.82) is 0 Å². The lowest BCUT2D eigenvalue weighted by Gasteiger charge is -2.52. The molecule has 0 spiro atoms. The van der Waals surface area contributed by atoms with Crippen molar-refractivity contribution in [3.05, 3.63) is 22.4 Å². The van der Waals surface area contributed by atoms with E-state index in [0.717, 1.165) is 5.92 Å². The lowest BCUT2D eigenvalue weighted by molar-refractivity contribution is -0.0107. The minimum absolute atomic E-state index is 0.374. The normalized spacial score (nSPS) is 34.6. The average Bonchev–Trinajstić information content (AvgIpc) is 2.95. The van der Waals surface area contributed by atoms with Crippen LogP contribution in [0.4, 0.5) is 0 Å². The molecule has 2 heterocycles. The monoisotopic (exact) mass is 263 g/mol. The van der Waals surface area contributed by atoms with Crippen LogP contribution in [0.2, 0.25) is 0 Å². The minimum atomic E-state index is 0.374. The topological polar surface area (TPSA) is 3.24 Å². The summed E-state index contributed by atoms with van der Waals surface area (Å²) in [5.41, 5.74) is 1.99. The fourth-order valence-corrected chi connectivity index (χ4v) is 4.95. The van der Waals surface area contributed by atoms with Crippen molar-refractivity contribution in [3.8, 4) is 0 Å². The number of thiophene rings is 1. The highest BCUT2D eigenvalue weighted by atomic mass is 32.1. The van der Waals surface area contributed by atoms with Gasteiger partial charge in [0.1, 0.15) is 0 Å².